The second-order valence-electron chi connectivity index (χ2n) is 4.15. The SMILES string of the molecule is Nc1ccc(CCN2CCCC2)c(Cl)c1. The van der Waals surface area contributed by atoms with Gasteiger partial charge in [-0.2, -0.15) is 0 Å². The zero-order valence-corrected chi connectivity index (χ0v) is 9.63. The molecule has 2 rings (SSSR count). The van der Waals surface area contributed by atoms with Crippen molar-refractivity contribution in [3.63, 3.8) is 0 Å². The molecule has 2 N–H and O–H groups in total. The number of halogens is 1. The third-order valence-electron chi connectivity index (χ3n) is 2.97. The van der Waals surface area contributed by atoms with Gasteiger partial charge in [-0.25, -0.2) is 0 Å². The molecule has 15 heavy (non-hydrogen) atoms. The molecule has 2 nitrogen and oxygen atoms in total. The highest BCUT2D eigenvalue weighted by atomic mass is 35.5. The van der Waals surface area contributed by atoms with E-state index in [4.69, 9.17) is 17.3 Å². The molecule has 0 saturated carbocycles. The number of benzene rings is 1. The van der Waals surface area contributed by atoms with Crippen LogP contribution in [0.25, 0.3) is 0 Å². The van der Waals surface area contributed by atoms with Gasteiger partial charge in [0.25, 0.3) is 0 Å². The Balaban J connectivity index is 1.92. The molecule has 1 aromatic carbocycles. The Morgan fingerprint density at radius 2 is 2.00 bits per heavy atom. The fourth-order valence-electron chi connectivity index (χ4n) is 2.05. The number of hydrogen-bond donors (Lipinski definition) is 1. The lowest BCUT2D eigenvalue weighted by Gasteiger charge is -2.14. The van der Waals surface area contributed by atoms with E-state index in [1.165, 1.54) is 31.5 Å². The lowest BCUT2D eigenvalue weighted by Crippen LogP contribution is -2.22. The maximum atomic E-state index is 6.12. The van der Waals surface area contributed by atoms with Crippen molar-refractivity contribution >= 4 is 17.3 Å². The van der Waals surface area contributed by atoms with E-state index in [2.05, 4.69) is 4.90 Å². The van der Waals surface area contributed by atoms with Crippen molar-refractivity contribution in [2.24, 2.45) is 0 Å². The second kappa shape index (κ2) is 4.86. The van der Waals surface area contributed by atoms with Gasteiger partial charge in [-0.3, -0.25) is 0 Å². The molecular formula is C12H17ClN2. The lowest BCUT2D eigenvalue weighted by molar-refractivity contribution is 0.343. The summed E-state index contributed by atoms with van der Waals surface area (Å²) in [5, 5.41) is 0.800. The fraction of sp³-hybridized carbons (Fsp3) is 0.500. The molecule has 1 aliphatic heterocycles. The molecule has 0 atom stereocenters. The number of nitrogens with zero attached hydrogens (tertiary/aromatic N) is 1. The number of rotatable bonds is 3. The van der Waals surface area contributed by atoms with Crippen LogP contribution in [-0.4, -0.2) is 24.5 Å². The van der Waals surface area contributed by atoms with E-state index in [1.54, 1.807) is 0 Å². The molecule has 0 unspecified atom stereocenters. The standard InChI is InChI=1S/C12H17ClN2/c13-12-9-11(14)4-3-10(12)5-8-15-6-1-2-7-15/h3-4,9H,1-2,5-8,14H2. The summed E-state index contributed by atoms with van der Waals surface area (Å²) in [6.45, 7) is 3.60. The van der Waals surface area contributed by atoms with Crippen LogP contribution in [0.3, 0.4) is 0 Å². The van der Waals surface area contributed by atoms with Crippen LogP contribution in [0.1, 0.15) is 18.4 Å². The van der Waals surface area contributed by atoms with Crippen molar-refractivity contribution < 1.29 is 0 Å². The van der Waals surface area contributed by atoms with Gasteiger partial charge >= 0.3 is 0 Å². The first-order valence-electron chi connectivity index (χ1n) is 5.52. The molecule has 0 bridgehead atoms. The zero-order valence-electron chi connectivity index (χ0n) is 8.88. The van der Waals surface area contributed by atoms with E-state index < -0.39 is 0 Å². The number of nitrogens with two attached hydrogens (primary N) is 1. The molecule has 0 amide bonds. The highest BCUT2D eigenvalue weighted by Crippen LogP contribution is 2.20. The summed E-state index contributed by atoms with van der Waals surface area (Å²) in [7, 11) is 0. The second-order valence-corrected chi connectivity index (χ2v) is 4.56. The molecule has 1 saturated heterocycles. The summed E-state index contributed by atoms with van der Waals surface area (Å²) in [6, 6.07) is 5.79. The van der Waals surface area contributed by atoms with Crippen LogP contribution in [0, 0.1) is 0 Å². The lowest BCUT2D eigenvalue weighted by atomic mass is 10.1. The summed E-state index contributed by atoms with van der Waals surface area (Å²) in [5.74, 6) is 0. The zero-order chi connectivity index (χ0) is 10.7. The molecule has 1 aromatic rings. The van der Waals surface area contributed by atoms with Gasteiger partial charge in [0.15, 0.2) is 0 Å². The molecular weight excluding hydrogens is 208 g/mol. The molecule has 3 heteroatoms. The normalized spacial score (nSPS) is 17.1. The third kappa shape index (κ3) is 2.86. The molecule has 0 aromatic heterocycles. The first kappa shape index (κ1) is 10.8. The highest BCUT2D eigenvalue weighted by Gasteiger charge is 2.11. The van der Waals surface area contributed by atoms with Crippen LogP contribution < -0.4 is 5.73 Å². The Bertz CT molecular complexity index is 332. The Morgan fingerprint density at radius 3 is 2.67 bits per heavy atom. The molecule has 1 fully saturated rings. The van der Waals surface area contributed by atoms with Crippen LogP contribution in [0.15, 0.2) is 18.2 Å². The van der Waals surface area contributed by atoms with Crippen molar-refractivity contribution in [1.82, 2.24) is 4.90 Å². The number of likely N-dealkylation sites (tertiary alicyclic amines) is 1. The first-order chi connectivity index (χ1) is 7.25. The topological polar surface area (TPSA) is 29.3 Å². The summed E-state index contributed by atoms with van der Waals surface area (Å²) in [5.41, 5.74) is 7.60. The van der Waals surface area contributed by atoms with E-state index in [1.807, 2.05) is 18.2 Å². The van der Waals surface area contributed by atoms with Crippen molar-refractivity contribution in [2.75, 3.05) is 25.4 Å². The summed E-state index contributed by atoms with van der Waals surface area (Å²) >= 11 is 6.12. The summed E-state index contributed by atoms with van der Waals surface area (Å²) < 4.78 is 0. The first-order valence-corrected chi connectivity index (χ1v) is 5.90. The predicted octanol–water partition coefficient (Wildman–Crippen LogP) is 2.56. The maximum absolute atomic E-state index is 6.12. The maximum Gasteiger partial charge on any atom is 0.0458 e. The highest BCUT2D eigenvalue weighted by molar-refractivity contribution is 6.31. The molecule has 0 radical (unpaired) electrons. The molecule has 1 heterocycles. The smallest absolute Gasteiger partial charge is 0.0458 e. The van der Waals surface area contributed by atoms with Crippen LogP contribution in [0.4, 0.5) is 5.69 Å². The summed E-state index contributed by atoms with van der Waals surface area (Å²) in [4.78, 5) is 2.49. The van der Waals surface area contributed by atoms with Crippen molar-refractivity contribution in [2.45, 2.75) is 19.3 Å². The Morgan fingerprint density at radius 1 is 1.27 bits per heavy atom. The molecule has 0 spiro atoms. The van der Waals surface area contributed by atoms with Crippen LogP contribution in [0.2, 0.25) is 5.02 Å². The van der Waals surface area contributed by atoms with Crippen molar-refractivity contribution in [3.05, 3.63) is 28.8 Å². The van der Waals surface area contributed by atoms with E-state index in [0.717, 1.165) is 23.7 Å². The minimum atomic E-state index is 0.741. The van der Waals surface area contributed by atoms with Crippen LogP contribution >= 0.6 is 11.6 Å². The van der Waals surface area contributed by atoms with Gasteiger partial charge < -0.3 is 10.6 Å². The Kier molecular flexibility index (Phi) is 3.49. The average molecular weight is 225 g/mol. The van der Waals surface area contributed by atoms with E-state index in [-0.39, 0.29) is 0 Å². The van der Waals surface area contributed by atoms with Gasteiger partial charge in [-0.05, 0) is 50.0 Å². The minimum Gasteiger partial charge on any atom is -0.399 e. The van der Waals surface area contributed by atoms with Gasteiger partial charge in [-0.15, -0.1) is 0 Å². The molecule has 1 aliphatic rings. The van der Waals surface area contributed by atoms with Crippen molar-refractivity contribution in [3.8, 4) is 0 Å². The molecule has 82 valence electrons. The van der Waals surface area contributed by atoms with Gasteiger partial charge in [0.2, 0.25) is 0 Å². The predicted molar refractivity (Wildman–Crippen MR) is 65.2 cm³/mol. The van der Waals surface area contributed by atoms with Gasteiger partial charge in [0.05, 0.1) is 0 Å². The number of nitrogen functional groups attached to an aromatic ring is 1. The van der Waals surface area contributed by atoms with E-state index in [0.29, 0.717) is 0 Å². The number of anilines is 1. The van der Waals surface area contributed by atoms with Gasteiger partial charge in [0, 0.05) is 17.3 Å². The largest absolute Gasteiger partial charge is 0.399 e. The summed E-state index contributed by atoms with van der Waals surface area (Å²) in [6.07, 6.45) is 3.71. The monoisotopic (exact) mass is 224 g/mol. The Hall–Kier alpha value is -0.730. The van der Waals surface area contributed by atoms with Crippen molar-refractivity contribution in [1.29, 1.82) is 0 Å². The number of hydrogen-bond acceptors (Lipinski definition) is 2. The van der Waals surface area contributed by atoms with Crippen LogP contribution in [0.5, 0.6) is 0 Å². The quantitative estimate of drug-likeness (QED) is 0.800. The van der Waals surface area contributed by atoms with Gasteiger partial charge in [0.1, 0.15) is 0 Å². The molecule has 0 aliphatic carbocycles. The average Bonchev–Trinajstić information content (AvgIpc) is 2.69. The third-order valence-corrected chi connectivity index (χ3v) is 3.33. The fourth-order valence-corrected chi connectivity index (χ4v) is 2.33. The van der Waals surface area contributed by atoms with E-state index in [9.17, 15) is 0 Å². The Labute approximate surface area is 96.0 Å². The van der Waals surface area contributed by atoms with Gasteiger partial charge in [-0.1, -0.05) is 17.7 Å². The minimum absolute atomic E-state index is 0.741. The van der Waals surface area contributed by atoms with Crippen LogP contribution in [-0.2, 0) is 6.42 Å². The van der Waals surface area contributed by atoms with E-state index >= 15 is 0 Å².